The van der Waals surface area contributed by atoms with Crippen LogP contribution in [0.25, 0.3) is 0 Å². The first kappa shape index (κ1) is 30.4. The van der Waals surface area contributed by atoms with Crippen LogP contribution in [-0.4, -0.2) is 22.3 Å². The monoisotopic (exact) mass is 440 g/mol. The quantitative estimate of drug-likeness (QED) is 0.139. The van der Waals surface area contributed by atoms with Gasteiger partial charge in [-0.1, -0.05) is 149 Å². The molecule has 0 aromatic carbocycles. The molecule has 0 heterocycles. The molecule has 0 bridgehead atoms. The van der Waals surface area contributed by atoms with Crippen LogP contribution in [0, 0.1) is 5.92 Å². The Morgan fingerprint density at radius 3 is 1.13 bits per heavy atom. The van der Waals surface area contributed by atoms with Crippen LogP contribution < -0.4 is 0 Å². The maximum atomic E-state index is 11.6. The van der Waals surface area contributed by atoms with Crippen molar-refractivity contribution >= 4 is 5.97 Å². The third-order valence-electron chi connectivity index (χ3n) is 6.75. The third-order valence-corrected chi connectivity index (χ3v) is 6.75. The van der Waals surface area contributed by atoms with E-state index in [2.05, 4.69) is 13.8 Å². The fraction of sp³-hybridized carbons (Fsp3) is 0.964. The lowest BCUT2D eigenvalue weighted by Gasteiger charge is -2.19. The van der Waals surface area contributed by atoms with Gasteiger partial charge in [-0.05, 0) is 12.8 Å². The highest BCUT2D eigenvalue weighted by atomic mass is 16.4. The number of aliphatic hydroxyl groups is 1. The molecule has 0 aliphatic heterocycles. The van der Waals surface area contributed by atoms with Crippen LogP contribution in [0.3, 0.4) is 0 Å². The molecule has 0 aliphatic rings. The first-order chi connectivity index (χ1) is 15.1. The Morgan fingerprint density at radius 1 is 0.516 bits per heavy atom. The van der Waals surface area contributed by atoms with Crippen molar-refractivity contribution in [2.45, 2.75) is 168 Å². The van der Waals surface area contributed by atoms with E-state index in [0.717, 1.165) is 25.7 Å². The van der Waals surface area contributed by atoms with Gasteiger partial charge in [0.1, 0.15) is 0 Å². The summed E-state index contributed by atoms with van der Waals surface area (Å²) in [6.45, 7) is 4.51. The standard InChI is InChI=1S/C28H56O3/c1-3-5-7-9-11-13-15-17-19-21-23-25-27(29)26(28(30)31)24-22-20-18-16-14-12-10-8-6-4-2/h26-27,29H,3-25H2,1-2H3,(H,30,31)/t26-,27+/m1/s1. The van der Waals surface area contributed by atoms with E-state index in [0.29, 0.717) is 12.8 Å². The summed E-state index contributed by atoms with van der Waals surface area (Å²) in [5, 5.41) is 19.9. The number of carbonyl (C=O) groups is 1. The van der Waals surface area contributed by atoms with Crippen molar-refractivity contribution in [3.63, 3.8) is 0 Å². The molecular formula is C28H56O3. The van der Waals surface area contributed by atoms with E-state index >= 15 is 0 Å². The molecule has 0 unspecified atom stereocenters. The second-order valence-electron chi connectivity index (χ2n) is 9.81. The van der Waals surface area contributed by atoms with Gasteiger partial charge in [0, 0.05) is 0 Å². The lowest BCUT2D eigenvalue weighted by molar-refractivity contribution is -0.146. The molecule has 31 heavy (non-hydrogen) atoms. The Hall–Kier alpha value is -0.570. The number of rotatable bonds is 25. The summed E-state index contributed by atoms with van der Waals surface area (Å²) in [5.74, 6) is -1.39. The van der Waals surface area contributed by atoms with Crippen LogP contribution in [0.2, 0.25) is 0 Å². The normalized spacial score (nSPS) is 13.4. The van der Waals surface area contributed by atoms with E-state index < -0.39 is 18.0 Å². The summed E-state index contributed by atoms with van der Waals surface area (Å²) < 4.78 is 0. The third kappa shape index (κ3) is 21.1. The molecule has 2 N–H and O–H groups in total. The van der Waals surface area contributed by atoms with Gasteiger partial charge in [0.2, 0.25) is 0 Å². The van der Waals surface area contributed by atoms with Crippen LogP contribution in [0.15, 0.2) is 0 Å². The Bertz CT molecular complexity index is 369. The van der Waals surface area contributed by atoms with Crippen molar-refractivity contribution in [1.29, 1.82) is 0 Å². The molecule has 0 rings (SSSR count). The Balaban J connectivity index is 3.61. The van der Waals surface area contributed by atoms with E-state index in [1.54, 1.807) is 0 Å². The summed E-state index contributed by atoms with van der Waals surface area (Å²) in [7, 11) is 0. The van der Waals surface area contributed by atoms with Crippen LogP contribution in [0.1, 0.15) is 162 Å². The van der Waals surface area contributed by atoms with Crippen molar-refractivity contribution < 1.29 is 15.0 Å². The zero-order valence-electron chi connectivity index (χ0n) is 21.2. The van der Waals surface area contributed by atoms with Crippen molar-refractivity contribution in [1.82, 2.24) is 0 Å². The highest BCUT2D eigenvalue weighted by Crippen LogP contribution is 2.21. The fourth-order valence-corrected chi connectivity index (χ4v) is 4.55. The first-order valence-corrected chi connectivity index (χ1v) is 14.0. The number of hydrogen-bond donors (Lipinski definition) is 2. The van der Waals surface area contributed by atoms with E-state index in [1.807, 2.05) is 0 Å². The van der Waals surface area contributed by atoms with Gasteiger partial charge in [0.05, 0.1) is 12.0 Å². The Kier molecular flexibility index (Phi) is 23.6. The molecule has 0 aliphatic carbocycles. The molecule has 0 amide bonds. The molecule has 186 valence electrons. The van der Waals surface area contributed by atoms with Gasteiger partial charge < -0.3 is 10.2 Å². The van der Waals surface area contributed by atoms with Gasteiger partial charge >= 0.3 is 5.97 Å². The second-order valence-corrected chi connectivity index (χ2v) is 9.81. The van der Waals surface area contributed by atoms with Crippen molar-refractivity contribution in [2.75, 3.05) is 0 Å². The number of aliphatic carboxylic acids is 1. The number of aliphatic hydroxyl groups excluding tert-OH is 1. The maximum Gasteiger partial charge on any atom is 0.309 e. The van der Waals surface area contributed by atoms with E-state index in [1.165, 1.54) is 109 Å². The van der Waals surface area contributed by atoms with Gasteiger partial charge in [0.25, 0.3) is 0 Å². The number of carboxylic acids is 1. The van der Waals surface area contributed by atoms with Crippen LogP contribution in [0.5, 0.6) is 0 Å². The van der Waals surface area contributed by atoms with E-state index in [-0.39, 0.29) is 0 Å². The highest BCUT2D eigenvalue weighted by Gasteiger charge is 2.25. The van der Waals surface area contributed by atoms with E-state index in [4.69, 9.17) is 0 Å². The Morgan fingerprint density at radius 2 is 0.806 bits per heavy atom. The fourth-order valence-electron chi connectivity index (χ4n) is 4.55. The molecule has 3 heteroatoms. The molecule has 0 aromatic heterocycles. The second kappa shape index (κ2) is 24.1. The minimum Gasteiger partial charge on any atom is -0.481 e. The minimum absolute atomic E-state index is 0.572. The molecule has 0 saturated heterocycles. The predicted octanol–water partition coefficient (Wildman–Crippen LogP) is 9.06. The van der Waals surface area contributed by atoms with E-state index in [9.17, 15) is 15.0 Å². The zero-order valence-corrected chi connectivity index (χ0v) is 21.2. The first-order valence-electron chi connectivity index (χ1n) is 14.0. The Labute approximate surface area is 194 Å². The minimum atomic E-state index is -0.813. The number of carboxylic acid groups (broad SMARTS) is 1. The maximum absolute atomic E-state index is 11.6. The summed E-state index contributed by atoms with van der Waals surface area (Å²) in [6.07, 6.45) is 27.2. The number of hydrogen-bond acceptors (Lipinski definition) is 2. The molecule has 0 radical (unpaired) electrons. The summed E-state index contributed by atoms with van der Waals surface area (Å²) in [4.78, 5) is 11.6. The van der Waals surface area contributed by atoms with Gasteiger partial charge in [0.15, 0.2) is 0 Å². The van der Waals surface area contributed by atoms with Gasteiger partial charge in [-0.25, -0.2) is 0 Å². The molecule has 0 fully saturated rings. The van der Waals surface area contributed by atoms with Gasteiger partial charge in [-0.15, -0.1) is 0 Å². The van der Waals surface area contributed by atoms with Crippen molar-refractivity contribution in [3.8, 4) is 0 Å². The van der Waals surface area contributed by atoms with Gasteiger partial charge in [-0.3, -0.25) is 4.79 Å². The van der Waals surface area contributed by atoms with Crippen LogP contribution >= 0.6 is 0 Å². The molecular weight excluding hydrogens is 384 g/mol. The summed E-state index contributed by atoms with van der Waals surface area (Å²) in [5.41, 5.74) is 0. The zero-order chi connectivity index (χ0) is 23.0. The highest BCUT2D eigenvalue weighted by molar-refractivity contribution is 5.70. The largest absolute Gasteiger partial charge is 0.481 e. The summed E-state index contributed by atoms with van der Waals surface area (Å²) in [6, 6.07) is 0. The van der Waals surface area contributed by atoms with Crippen LogP contribution in [0.4, 0.5) is 0 Å². The van der Waals surface area contributed by atoms with Crippen molar-refractivity contribution in [2.24, 2.45) is 5.92 Å². The SMILES string of the molecule is CCCCCCCCCCCCC[C@H](O)[C@@H](CCCCCCCCCCCC)C(=O)O. The lowest BCUT2D eigenvalue weighted by atomic mass is 9.91. The predicted molar refractivity (Wildman–Crippen MR) is 135 cm³/mol. The molecule has 3 nitrogen and oxygen atoms in total. The van der Waals surface area contributed by atoms with Crippen molar-refractivity contribution in [3.05, 3.63) is 0 Å². The van der Waals surface area contributed by atoms with Crippen LogP contribution in [-0.2, 0) is 4.79 Å². The average molecular weight is 441 g/mol. The topological polar surface area (TPSA) is 57.5 Å². The van der Waals surface area contributed by atoms with Gasteiger partial charge in [-0.2, -0.15) is 0 Å². The average Bonchev–Trinajstić information content (AvgIpc) is 2.75. The molecule has 2 atom stereocenters. The smallest absolute Gasteiger partial charge is 0.309 e. The molecule has 0 spiro atoms. The number of unbranched alkanes of at least 4 members (excludes halogenated alkanes) is 19. The molecule has 0 saturated carbocycles. The summed E-state index contributed by atoms with van der Waals surface area (Å²) >= 11 is 0. The molecule has 0 aromatic rings. The lowest BCUT2D eigenvalue weighted by Crippen LogP contribution is -2.28.